The number of aryl methyl sites for hydroxylation is 1. The normalized spacial score (nSPS) is 20.1. The zero-order chi connectivity index (χ0) is 15.4. The first-order valence-electron chi connectivity index (χ1n) is 7.52. The van der Waals surface area contributed by atoms with Gasteiger partial charge in [-0.25, -0.2) is 4.79 Å². The highest BCUT2D eigenvalue weighted by Gasteiger charge is 2.22. The second-order valence-corrected chi connectivity index (χ2v) is 5.64. The molecule has 1 aliphatic rings. The van der Waals surface area contributed by atoms with E-state index in [9.17, 15) is 4.79 Å². The number of carboxylic acid groups (broad SMARTS) is 1. The lowest BCUT2D eigenvalue weighted by Gasteiger charge is -2.40. The molecular formula is C17H24N2O2. The van der Waals surface area contributed by atoms with Crippen molar-refractivity contribution in [1.82, 2.24) is 4.90 Å². The average molecular weight is 288 g/mol. The summed E-state index contributed by atoms with van der Waals surface area (Å²) in [6, 6.07) is 6.80. The molecule has 1 fully saturated rings. The maximum atomic E-state index is 10.6. The number of hydrogen-bond donors (Lipinski definition) is 1. The minimum absolute atomic E-state index is 0.565. The van der Waals surface area contributed by atoms with E-state index in [0.717, 1.165) is 37.3 Å². The van der Waals surface area contributed by atoms with Crippen LogP contribution in [0.2, 0.25) is 0 Å². The summed E-state index contributed by atoms with van der Waals surface area (Å²) >= 11 is 0. The Morgan fingerprint density at radius 1 is 1.43 bits per heavy atom. The van der Waals surface area contributed by atoms with Crippen molar-refractivity contribution in [2.45, 2.75) is 26.8 Å². The Morgan fingerprint density at radius 3 is 2.76 bits per heavy atom. The van der Waals surface area contributed by atoms with Crippen LogP contribution in [0, 0.1) is 6.92 Å². The van der Waals surface area contributed by atoms with Gasteiger partial charge in [-0.1, -0.05) is 13.0 Å². The molecule has 114 valence electrons. The SMILES string of the molecule is CCN1CCN(c2ccc(C=CC(=O)O)c(C)c2)CC1C. The molecule has 0 aromatic heterocycles. The van der Waals surface area contributed by atoms with E-state index in [0.29, 0.717) is 6.04 Å². The molecule has 1 saturated heterocycles. The number of carboxylic acids is 1. The maximum absolute atomic E-state index is 10.6. The Morgan fingerprint density at radius 2 is 2.19 bits per heavy atom. The summed E-state index contributed by atoms with van der Waals surface area (Å²) in [5.41, 5.74) is 3.29. The van der Waals surface area contributed by atoms with Gasteiger partial charge in [-0.05, 0) is 49.7 Å². The molecule has 2 rings (SSSR count). The van der Waals surface area contributed by atoms with Crippen molar-refractivity contribution in [2.24, 2.45) is 0 Å². The number of benzene rings is 1. The van der Waals surface area contributed by atoms with E-state index in [1.165, 1.54) is 11.8 Å². The van der Waals surface area contributed by atoms with Crippen LogP contribution in [-0.2, 0) is 4.79 Å². The monoisotopic (exact) mass is 288 g/mol. The molecule has 1 heterocycles. The third-order valence-electron chi connectivity index (χ3n) is 4.20. The van der Waals surface area contributed by atoms with Gasteiger partial charge in [0.2, 0.25) is 0 Å². The second kappa shape index (κ2) is 6.76. The summed E-state index contributed by atoms with van der Waals surface area (Å²) in [4.78, 5) is 15.5. The van der Waals surface area contributed by atoms with Gasteiger partial charge < -0.3 is 10.0 Å². The Hall–Kier alpha value is -1.81. The van der Waals surface area contributed by atoms with E-state index in [2.05, 4.69) is 35.8 Å². The van der Waals surface area contributed by atoms with E-state index in [4.69, 9.17) is 5.11 Å². The smallest absolute Gasteiger partial charge is 0.328 e. The molecule has 0 radical (unpaired) electrons. The summed E-state index contributed by atoms with van der Waals surface area (Å²) in [6.07, 6.45) is 2.84. The van der Waals surface area contributed by atoms with Gasteiger partial charge in [0.25, 0.3) is 0 Å². The third kappa shape index (κ3) is 3.85. The summed E-state index contributed by atoms with van der Waals surface area (Å²) < 4.78 is 0. The van der Waals surface area contributed by atoms with Crippen LogP contribution in [0.1, 0.15) is 25.0 Å². The van der Waals surface area contributed by atoms with Crippen LogP contribution in [0.5, 0.6) is 0 Å². The van der Waals surface area contributed by atoms with Crippen LogP contribution >= 0.6 is 0 Å². The van der Waals surface area contributed by atoms with Gasteiger partial charge >= 0.3 is 5.97 Å². The number of anilines is 1. The number of hydrogen-bond acceptors (Lipinski definition) is 3. The van der Waals surface area contributed by atoms with Crippen molar-refractivity contribution in [1.29, 1.82) is 0 Å². The molecule has 21 heavy (non-hydrogen) atoms. The van der Waals surface area contributed by atoms with Crippen LogP contribution < -0.4 is 4.90 Å². The summed E-state index contributed by atoms with van der Waals surface area (Å²) in [7, 11) is 0. The Balaban J connectivity index is 2.12. The van der Waals surface area contributed by atoms with Gasteiger partial charge in [-0.2, -0.15) is 0 Å². The van der Waals surface area contributed by atoms with Gasteiger partial charge in [-0.3, -0.25) is 4.90 Å². The minimum Gasteiger partial charge on any atom is -0.478 e. The number of piperazine rings is 1. The van der Waals surface area contributed by atoms with Gasteiger partial charge in [0, 0.05) is 37.4 Å². The van der Waals surface area contributed by atoms with Gasteiger partial charge in [0.15, 0.2) is 0 Å². The lowest BCUT2D eigenvalue weighted by atomic mass is 10.1. The first-order chi connectivity index (χ1) is 10.0. The number of rotatable bonds is 4. The number of likely N-dealkylation sites (N-methyl/N-ethyl adjacent to an activating group) is 1. The molecule has 1 aliphatic heterocycles. The first kappa shape index (κ1) is 15.6. The Bertz CT molecular complexity index is 540. The third-order valence-corrected chi connectivity index (χ3v) is 4.20. The van der Waals surface area contributed by atoms with Crippen LogP contribution in [0.15, 0.2) is 24.3 Å². The Kier molecular flexibility index (Phi) is 5.02. The molecule has 0 amide bonds. The minimum atomic E-state index is -0.914. The molecular weight excluding hydrogens is 264 g/mol. The van der Waals surface area contributed by atoms with Crippen molar-refractivity contribution < 1.29 is 9.90 Å². The molecule has 4 heteroatoms. The fourth-order valence-electron chi connectivity index (χ4n) is 2.90. The number of nitrogens with zero attached hydrogens (tertiary/aromatic N) is 2. The van der Waals surface area contributed by atoms with E-state index >= 15 is 0 Å². The fourth-order valence-corrected chi connectivity index (χ4v) is 2.90. The van der Waals surface area contributed by atoms with Crippen LogP contribution in [-0.4, -0.2) is 48.2 Å². The summed E-state index contributed by atoms with van der Waals surface area (Å²) in [6.45, 7) is 10.8. The average Bonchev–Trinajstić information content (AvgIpc) is 2.45. The summed E-state index contributed by atoms with van der Waals surface area (Å²) in [5.74, 6) is -0.914. The van der Waals surface area contributed by atoms with Gasteiger partial charge in [-0.15, -0.1) is 0 Å². The Labute approximate surface area is 126 Å². The molecule has 0 bridgehead atoms. The van der Waals surface area contributed by atoms with E-state index in [-0.39, 0.29) is 0 Å². The van der Waals surface area contributed by atoms with Crippen LogP contribution in [0.4, 0.5) is 5.69 Å². The largest absolute Gasteiger partial charge is 0.478 e. The topological polar surface area (TPSA) is 43.8 Å². The highest BCUT2D eigenvalue weighted by molar-refractivity contribution is 5.85. The van der Waals surface area contributed by atoms with E-state index in [1.807, 2.05) is 13.0 Å². The van der Waals surface area contributed by atoms with Crippen molar-refractivity contribution >= 4 is 17.7 Å². The summed E-state index contributed by atoms with van der Waals surface area (Å²) in [5, 5.41) is 8.70. The lowest BCUT2D eigenvalue weighted by Crippen LogP contribution is -2.51. The second-order valence-electron chi connectivity index (χ2n) is 5.64. The molecule has 1 N–H and O–H groups in total. The van der Waals surface area contributed by atoms with Crippen LogP contribution in [0.3, 0.4) is 0 Å². The number of carbonyl (C=O) groups is 1. The van der Waals surface area contributed by atoms with Crippen molar-refractivity contribution in [3.8, 4) is 0 Å². The van der Waals surface area contributed by atoms with Crippen molar-refractivity contribution in [2.75, 3.05) is 31.1 Å². The highest BCUT2D eigenvalue weighted by atomic mass is 16.4. The molecule has 1 atom stereocenters. The van der Waals surface area contributed by atoms with E-state index < -0.39 is 5.97 Å². The quantitative estimate of drug-likeness (QED) is 0.865. The zero-order valence-corrected chi connectivity index (χ0v) is 13.0. The zero-order valence-electron chi connectivity index (χ0n) is 13.0. The predicted molar refractivity (Wildman–Crippen MR) is 86.8 cm³/mol. The maximum Gasteiger partial charge on any atom is 0.328 e. The number of aliphatic carboxylic acids is 1. The molecule has 0 aliphatic carbocycles. The fraction of sp³-hybridized carbons (Fsp3) is 0.471. The molecule has 0 saturated carbocycles. The van der Waals surface area contributed by atoms with Gasteiger partial charge in [0.05, 0.1) is 0 Å². The highest BCUT2D eigenvalue weighted by Crippen LogP contribution is 2.23. The first-order valence-corrected chi connectivity index (χ1v) is 7.52. The standard InChI is InChI=1S/C17H24N2O2/c1-4-18-9-10-19(12-14(18)3)16-7-5-15(13(2)11-16)6-8-17(20)21/h5-8,11,14H,4,9-10,12H2,1-3H3,(H,20,21). The van der Waals surface area contributed by atoms with Crippen molar-refractivity contribution in [3.63, 3.8) is 0 Å². The predicted octanol–water partition coefficient (Wildman–Crippen LogP) is 2.62. The van der Waals surface area contributed by atoms with Crippen molar-refractivity contribution in [3.05, 3.63) is 35.4 Å². The van der Waals surface area contributed by atoms with E-state index in [1.54, 1.807) is 6.08 Å². The molecule has 1 aromatic rings. The van der Waals surface area contributed by atoms with Gasteiger partial charge in [0.1, 0.15) is 0 Å². The molecule has 1 unspecified atom stereocenters. The van der Waals surface area contributed by atoms with Crippen LogP contribution in [0.25, 0.3) is 6.08 Å². The molecule has 1 aromatic carbocycles. The molecule has 0 spiro atoms. The molecule has 4 nitrogen and oxygen atoms in total. The lowest BCUT2D eigenvalue weighted by molar-refractivity contribution is -0.131.